The molecule has 2 aromatic carbocycles. The van der Waals surface area contributed by atoms with Crippen LogP contribution in [0.1, 0.15) is 15.9 Å². The van der Waals surface area contributed by atoms with Gasteiger partial charge in [-0.05, 0) is 30.7 Å². The first-order chi connectivity index (χ1) is 11.6. The third-order valence-corrected chi connectivity index (χ3v) is 5.51. The Balaban J connectivity index is 2.40. The van der Waals surface area contributed by atoms with Gasteiger partial charge in [0.2, 0.25) is 10.0 Å². The maximum Gasteiger partial charge on any atom is 0.282 e. The van der Waals surface area contributed by atoms with Crippen LogP contribution in [0, 0.1) is 17.0 Å². The van der Waals surface area contributed by atoms with Gasteiger partial charge in [0.05, 0.1) is 9.82 Å². The number of nitro benzene ring substituents is 1. The Labute approximate surface area is 145 Å². The van der Waals surface area contributed by atoms with Gasteiger partial charge in [-0.25, -0.2) is 12.7 Å². The number of sulfonamides is 1. The van der Waals surface area contributed by atoms with Crippen molar-refractivity contribution in [2.75, 3.05) is 19.4 Å². The summed E-state index contributed by atoms with van der Waals surface area (Å²) in [5.41, 5.74) is 0.324. The summed E-state index contributed by atoms with van der Waals surface area (Å²) >= 11 is 0. The maximum absolute atomic E-state index is 12.3. The molecule has 9 heteroatoms. The van der Waals surface area contributed by atoms with Crippen LogP contribution >= 0.6 is 0 Å². The summed E-state index contributed by atoms with van der Waals surface area (Å²) in [5, 5.41) is 13.5. The molecule has 0 aliphatic rings. The number of nitrogens with one attached hydrogen (secondary N) is 1. The van der Waals surface area contributed by atoms with Gasteiger partial charge in [0.15, 0.2) is 0 Å². The van der Waals surface area contributed by atoms with Crippen LogP contribution < -0.4 is 5.32 Å². The van der Waals surface area contributed by atoms with Gasteiger partial charge in [-0.2, -0.15) is 0 Å². The maximum atomic E-state index is 12.3. The lowest BCUT2D eigenvalue weighted by Gasteiger charge is -2.15. The highest BCUT2D eigenvalue weighted by molar-refractivity contribution is 7.89. The van der Waals surface area contributed by atoms with Crippen molar-refractivity contribution in [1.29, 1.82) is 0 Å². The fourth-order valence-corrected chi connectivity index (χ4v) is 3.32. The number of hydrogen-bond acceptors (Lipinski definition) is 5. The third-order valence-electron chi connectivity index (χ3n) is 3.55. The lowest BCUT2D eigenvalue weighted by Crippen LogP contribution is -2.23. The highest BCUT2D eigenvalue weighted by atomic mass is 32.2. The van der Waals surface area contributed by atoms with Gasteiger partial charge in [-0.15, -0.1) is 0 Å². The first-order valence-electron chi connectivity index (χ1n) is 7.22. The van der Waals surface area contributed by atoms with Gasteiger partial charge in [0, 0.05) is 25.8 Å². The second kappa shape index (κ2) is 6.99. The van der Waals surface area contributed by atoms with E-state index in [2.05, 4.69) is 5.32 Å². The molecule has 1 amide bonds. The average molecular weight is 363 g/mol. The number of aryl methyl sites for hydroxylation is 1. The van der Waals surface area contributed by atoms with Crippen LogP contribution in [0.15, 0.2) is 47.4 Å². The van der Waals surface area contributed by atoms with E-state index in [4.69, 9.17) is 0 Å². The van der Waals surface area contributed by atoms with Crippen LogP contribution in [-0.2, 0) is 10.0 Å². The van der Waals surface area contributed by atoms with Gasteiger partial charge in [0.25, 0.3) is 11.6 Å². The Morgan fingerprint density at radius 1 is 1.16 bits per heavy atom. The number of hydrogen-bond donors (Lipinski definition) is 1. The van der Waals surface area contributed by atoms with Crippen molar-refractivity contribution >= 4 is 27.3 Å². The second-order valence-corrected chi connectivity index (χ2v) is 7.62. The van der Waals surface area contributed by atoms with Crippen LogP contribution in [0.5, 0.6) is 0 Å². The Hall–Kier alpha value is -2.78. The van der Waals surface area contributed by atoms with Crippen molar-refractivity contribution in [3.63, 3.8) is 0 Å². The van der Waals surface area contributed by atoms with Gasteiger partial charge in [-0.1, -0.05) is 18.2 Å². The number of carbonyl (C=O) groups excluding carboxylic acids is 1. The van der Waals surface area contributed by atoms with Gasteiger partial charge in [-0.3, -0.25) is 14.9 Å². The van der Waals surface area contributed by atoms with E-state index in [1.807, 2.05) is 0 Å². The van der Waals surface area contributed by atoms with E-state index in [-0.39, 0.29) is 21.8 Å². The normalized spacial score (nSPS) is 11.4. The molecule has 0 heterocycles. The van der Waals surface area contributed by atoms with Crippen LogP contribution in [0.2, 0.25) is 0 Å². The zero-order valence-corrected chi connectivity index (χ0v) is 14.7. The van der Waals surface area contributed by atoms with Gasteiger partial charge >= 0.3 is 0 Å². The Morgan fingerprint density at radius 2 is 1.80 bits per heavy atom. The van der Waals surface area contributed by atoms with E-state index in [0.29, 0.717) is 5.56 Å². The molecule has 0 saturated carbocycles. The van der Waals surface area contributed by atoms with E-state index < -0.39 is 20.9 Å². The second-order valence-electron chi connectivity index (χ2n) is 5.50. The first-order valence-corrected chi connectivity index (χ1v) is 8.66. The van der Waals surface area contributed by atoms with Crippen molar-refractivity contribution in [2.24, 2.45) is 0 Å². The number of carbonyl (C=O) groups is 1. The third kappa shape index (κ3) is 3.83. The van der Waals surface area contributed by atoms with Crippen molar-refractivity contribution in [3.8, 4) is 0 Å². The summed E-state index contributed by atoms with van der Waals surface area (Å²) in [7, 11) is -0.858. The zero-order valence-electron chi connectivity index (χ0n) is 13.9. The van der Waals surface area contributed by atoms with Gasteiger partial charge < -0.3 is 5.32 Å². The lowest BCUT2D eigenvalue weighted by molar-refractivity contribution is -0.385. The fraction of sp³-hybridized carbons (Fsp3) is 0.188. The predicted molar refractivity (Wildman–Crippen MR) is 93.1 cm³/mol. The molecular formula is C16H17N3O5S. The molecule has 0 bridgehead atoms. The Morgan fingerprint density at radius 3 is 2.40 bits per heavy atom. The minimum Gasteiger partial charge on any atom is -0.322 e. The van der Waals surface area contributed by atoms with Crippen LogP contribution in [0.4, 0.5) is 11.4 Å². The number of amides is 1. The van der Waals surface area contributed by atoms with E-state index in [1.54, 1.807) is 13.0 Å². The standard InChI is InChI=1S/C16H17N3O5S/c1-11-8-9-12(10-15(11)25(23,24)18(2)3)17-16(20)13-6-4-5-7-14(13)19(21)22/h4-10H,1-3H3,(H,17,20). The molecule has 25 heavy (non-hydrogen) atoms. The molecule has 0 aliphatic heterocycles. The average Bonchev–Trinajstić information content (AvgIpc) is 2.56. The highest BCUT2D eigenvalue weighted by Crippen LogP contribution is 2.24. The molecule has 2 aromatic rings. The summed E-state index contributed by atoms with van der Waals surface area (Å²) in [6.45, 7) is 1.64. The number of nitro groups is 1. The molecule has 0 spiro atoms. The monoisotopic (exact) mass is 363 g/mol. The Kier molecular flexibility index (Phi) is 5.19. The summed E-state index contributed by atoms with van der Waals surface area (Å²) < 4.78 is 25.7. The molecule has 1 N–H and O–H groups in total. The summed E-state index contributed by atoms with van der Waals surface area (Å²) in [6, 6.07) is 9.96. The molecule has 0 aliphatic carbocycles. The van der Waals surface area contributed by atoms with Crippen molar-refractivity contribution < 1.29 is 18.1 Å². The summed E-state index contributed by atoms with van der Waals surface area (Å²) in [4.78, 5) is 22.8. The van der Waals surface area contributed by atoms with Crippen LogP contribution in [0.3, 0.4) is 0 Å². The summed E-state index contributed by atoms with van der Waals surface area (Å²) in [5.74, 6) is -0.690. The molecule has 2 rings (SSSR count). The number of anilines is 1. The summed E-state index contributed by atoms with van der Waals surface area (Å²) in [6.07, 6.45) is 0. The SMILES string of the molecule is Cc1ccc(NC(=O)c2ccccc2[N+](=O)[O-])cc1S(=O)(=O)N(C)C. The van der Waals surface area contributed by atoms with Crippen molar-refractivity contribution in [1.82, 2.24) is 4.31 Å². The molecule has 0 unspecified atom stereocenters. The number of para-hydroxylation sites is 1. The predicted octanol–water partition coefficient (Wildman–Crippen LogP) is 2.41. The number of rotatable bonds is 5. The smallest absolute Gasteiger partial charge is 0.282 e. The molecule has 0 fully saturated rings. The largest absolute Gasteiger partial charge is 0.322 e. The van der Waals surface area contributed by atoms with Crippen molar-refractivity contribution in [2.45, 2.75) is 11.8 Å². The Bertz CT molecular complexity index is 939. The van der Waals surface area contributed by atoms with E-state index >= 15 is 0 Å². The van der Waals surface area contributed by atoms with Crippen LogP contribution in [0.25, 0.3) is 0 Å². The topological polar surface area (TPSA) is 110 Å². The van der Waals surface area contributed by atoms with Crippen molar-refractivity contribution in [3.05, 3.63) is 63.7 Å². The van der Waals surface area contributed by atoms with E-state index in [9.17, 15) is 23.3 Å². The van der Waals surface area contributed by atoms with Gasteiger partial charge in [0.1, 0.15) is 5.56 Å². The number of benzene rings is 2. The minimum absolute atomic E-state index is 0.0536. The molecular weight excluding hydrogens is 346 g/mol. The fourth-order valence-electron chi connectivity index (χ4n) is 2.18. The first kappa shape index (κ1) is 18.6. The highest BCUT2D eigenvalue weighted by Gasteiger charge is 2.22. The molecule has 132 valence electrons. The zero-order chi connectivity index (χ0) is 18.8. The van der Waals surface area contributed by atoms with Crippen LogP contribution in [-0.4, -0.2) is 37.6 Å². The van der Waals surface area contributed by atoms with E-state index in [0.717, 1.165) is 4.31 Å². The lowest BCUT2D eigenvalue weighted by atomic mass is 10.1. The molecule has 0 saturated heterocycles. The molecule has 0 atom stereocenters. The number of nitrogens with zero attached hydrogens (tertiary/aromatic N) is 2. The van der Waals surface area contributed by atoms with E-state index in [1.165, 1.54) is 50.5 Å². The molecule has 0 radical (unpaired) electrons. The molecule has 8 nitrogen and oxygen atoms in total. The quantitative estimate of drug-likeness (QED) is 0.648. The molecule has 0 aromatic heterocycles. The minimum atomic E-state index is -3.68.